The molecule has 5 heteroatoms. The van der Waals surface area contributed by atoms with Crippen LogP contribution in [0, 0.1) is 12.3 Å². The lowest BCUT2D eigenvalue weighted by molar-refractivity contribution is 0.248. The van der Waals surface area contributed by atoms with Crippen molar-refractivity contribution in [2.24, 2.45) is 5.41 Å². The molecule has 0 spiro atoms. The van der Waals surface area contributed by atoms with E-state index in [1.54, 1.807) is 0 Å². The maximum Gasteiger partial charge on any atom is 0.137 e. The SMILES string of the molecule is Cc1c(Cl)nc(C(C)(C)C)nc1NCC(C)(C)CCCO. The number of nitrogens with one attached hydrogen (secondary N) is 1. The lowest BCUT2D eigenvalue weighted by Gasteiger charge is -2.26. The van der Waals surface area contributed by atoms with Crippen molar-refractivity contribution in [2.75, 3.05) is 18.5 Å². The largest absolute Gasteiger partial charge is 0.396 e. The molecule has 120 valence electrons. The van der Waals surface area contributed by atoms with Crippen LogP contribution < -0.4 is 5.32 Å². The van der Waals surface area contributed by atoms with Gasteiger partial charge in [0.2, 0.25) is 0 Å². The summed E-state index contributed by atoms with van der Waals surface area (Å²) in [6.07, 6.45) is 1.77. The first-order chi connectivity index (χ1) is 9.57. The Kier molecular flexibility index (Phi) is 6.00. The van der Waals surface area contributed by atoms with Gasteiger partial charge in [0, 0.05) is 24.1 Å². The van der Waals surface area contributed by atoms with Gasteiger partial charge in [-0.1, -0.05) is 46.2 Å². The van der Waals surface area contributed by atoms with E-state index in [9.17, 15) is 0 Å². The number of nitrogens with zero attached hydrogens (tertiary/aromatic N) is 2. The Bertz CT molecular complexity index is 481. The fraction of sp³-hybridized carbons (Fsp3) is 0.750. The summed E-state index contributed by atoms with van der Waals surface area (Å²) in [7, 11) is 0. The highest BCUT2D eigenvalue weighted by Crippen LogP contribution is 2.28. The van der Waals surface area contributed by atoms with Crippen molar-refractivity contribution in [1.29, 1.82) is 0 Å². The molecule has 0 aliphatic rings. The van der Waals surface area contributed by atoms with Crippen molar-refractivity contribution >= 4 is 17.4 Å². The van der Waals surface area contributed by atoms with Gasteiger partial charge in [-0.25, -0.2) is 9.97 Å². The van der Waals surface area contributed by atoms with Crippen LogP contribution in [0.15, 0.2) is 0 Å². The molecule has 0 amide bonds. The van der Waals surface area contributed by atoms with Crippen LogP contribution in [0.1, 0.15) is 58.8 Å². The molecule has 1 aromatic rings. The third kappa shape index (κ3) is 5.44. The number of hydrogen-bond donors (Lipinski definition) is 2. The monoisotopic (exact) mass is 313 g/mol. The van der Waals surface area contributed by atoms with E-state index in [1.807, 2.05) is 6.92 Å². The highest BCUT2D eigenvalue weighted by Gasteiger charge is 2.22. The minimum Gasteiger partial charge on any atom is -0.396 e. The average Bonchev–Trinajstić information content (AvgIpc) is 2.37. The number of aromatic nitrogens is 2. The smallest absolute Gasteiger partial charge is 0.137 e. The van der Waals surface area contributed by atoms with E-state index >= 15 is 0 Å². The quantitative estimate of drug-likeness (QED) is 0.781. The van der Waals surface area contributed by atoms with Crippen LogP contribution >= 0.6 is 11.6 Å². The molecule has 0 aromatic carbocycles. The Morgan fingerprint density at radius 2 is 1.76 bits per heavy atom. The van der Waals surface area contributed by atoms with Crippen LogP contribution in [0.2, 0.25) is 5.15 Å². The fourth-order valence-electron chi connectivity index (χ4n) is 1.97. The van der Waals surface area contributed by atoms with E-state index in [-0.39, 0.29) is 17.4 Å². The molecule has 2 N–H and O–H groups in total. The minimum absolute atomic E-state index is 0.0918. The molecular formula is C16H28ClN3O. The maximum absolute atomic E-state index is 8.96. The van der Waals surface area contributed by atoms with Gasteiger partial charge in [-0.3, -0.25) is 0 Å². The molecule has 0 fully saturated rings. The molecule has 0 atom stereocenters. The van der Waals surface area contributed by atoms with Gasteiger partial charge >= 0.3 is 0 Å². The number of aliphatic hydroxyl groups is 1. The third-order valence-corrected chi connectivity index (χ3v) is 3.87. The molecule has 0 saturated heterocycles. The van der Waals surface area contributed by atoms with Crippen molar-refractivity contribution in [3.8, 4) is 0 Å². The zero-order valence-corrected chi connectivity index (χ0v) is 14.8. The molecule has 0 aliphatic carbocycles. The summed E-state index contributed by atoms with van der Waals surface area (Å²) in [6.45, 7) is 13.5. The van der Waals surface area contributed by atoms with Crippen LogP contribution in [-0.2, 0) is 5.41 Å². The predicted octanol–water partition coefficient (Wildman–Crippen LogP) is 3.95. The van der Waals surface area contributed by atoms with E-state index in [1.165, 1.54) is 0 Å². The lowest BCUT2D eigenvalue weighted by atomic mass is 9.88. The third-order valence-electron chi connectivity index (χ3n) is 3.50. The highest BCUT2D eigenvalue weighted by molar-refractivity contribution is 6.30. The summed E-state index contributed by atoms with van der Waals surface area (Å²) in [4.78, 5) is 9.01. The molecule has 0 radical (unpaired) electrons. The number of hydrogen-bond acceptors (Lipinski definition) is 4. The summed E-state index contributed by atoms with van der Waals surface area (Å²) in [5.41, 5.74) is 0.830. The van der Waals surface area contributed by atoms with Crippen molar-refractivity contribution in [3.63, 3.8) is 0 Å². The second-order valence-corrected chi connectivity index (χ2v) is 7.76. The van der Waals surface area contributed by atoms with E-state index in [0.717, 1.165) is 36.6 Å². The Labute approximate surface area is 133 Å². The van der Waals surface area contributed by atoms with Gasteiger partial charge in [-0.15, -0.1) is 0 Å². The Morgan fingerprint density at radius 3 is 2.29 bits per heavy atom. The number of aliphatic hydroxyl groups excluding tert-OH is 1. The first-order valence-electron chi connectivity index (χ1n) is 7.46. The van der Waals surface area contributed by atoms with E-state index in [0.29, 0.717) is 5.15 Å². The van der Waals surface area contributed by atoms with Gasteiger partial charge in [-0.2, -0.15) is 0 Å². The van der Waals surface area contributed by atoms with Gasteiger partial charge in [0.15, 0.2) is 0 Å². The highest BCUT2D eigenvalue weighted by atomic mass is 35.5. The summed E-state index contributed by atoms with van der Waals surface area (Å²) in [5, 5.41) is 12.9. The molecule has 1 aromatic heterocycles. The normalized spacial score (nSPS) is 12.6. The van der Waals surface area contributed by atoms with Gasteiger partial charge in [0.05, 0.1) is 0 Å². The molecule has 21 heavy (non-hydrogen) atoms. The van der Waals surface area contributed by atoms with Crippen LogP contribution in [0.3, 0.4) is 0 Å². The van der Waals surface area contributed by atoms with Gasteiger partial charge in [-0.05, 0) is 25.2 Å². The Morgan fingerprint density at radius 1 is 1.14 bits per heavy atom. The lowest BCUT2D eigenvalue weighted by Crippen LogP contribution is -2.25. The second kappa shape index (κ2) is 6.93. The molecule has 0 bridgehead atoms. The topological polar surface area (TPSA) is 58.0 Å². The zero-order valence-electron chi connectivity index (χ0n) is 14.0. The van der Waals surface area contributed by atoms with Crippen LogP contribution in [0.4, 0.5) is 5.82 Å². The summed E-state index contributed by atoms with van der Waals surface area (Å²) in [6, 6.07) is 0. The minimum atomic E-state index is -0.139. The van der Waals surface area contributed by atoms with Gasteiger partial charge in [0.1, 0.15) is 16.8 Å². The Hall–Kier alpha value is -0.870. The van der Waals surface area contributed by atoms with Crippen molar-refractivity contribution in [1.82, 2.24) is 9.97 Å². The van der Waals surface area contributed by atoms with Crippen molar-refractivity contribution < 1.29 is 5.11 Å². The molecule has 1 heterocycles. The number of rotatable bonds is 6. The van der Waals surface area contributed by atoms with Crippen LogP contribution in [-0.4, -0.2) is 28.2 Å². The second-order valence-electron chi connectivity index (χ2n) is 7.41. The first-order valence-corrected chi connectivity index (χ1v) is 7.84. The van der Waals surface area contributed by atoms with E-state index in [4.69, 9.17) is 16.7 Å². The average molecular weight is 314 g/mol. The molecule has 1 rings (SSSR count). The molecule has 0 aliphatic heterocycles. The van der Waals surface area contributed by atoms with E-state index < -0.39 is 0 Å². The summed E-state index contributed by atoms with van der Waals surface area (Å²) >= 11 is 6.23. The van der Waals surface area contributed by atoms with Gasteiger partial charge in [0.25, 0.3) is 0 Å². The molecule has 0 unspecified atom stereocenters. The standard InChI is InChI=1S/C16H28ClN3O/c1-11-12(17)19-14(15(2,3)4)20-13(11)18-10-16(5,6)8-7-9-21/h21H,7-10H2,1-6H3,(H,18,19,20). The zero-order chi connectivity index (χ0) is 16.3. The molecule has 4 nitrogen and oxygen atoms in total. The number of anilines is 1. The first kappa shape index (κ1) is 18.2. The number of halogens is 1. The van der Waals surface area contributed by atoms with Crippen molar-refractivity contribution in [3.05, 3.63) is 16.5 Å². The van der Waals surface area contributed by atoms with Gasteiger partial charge < -0.3 is 10.4 Å². The fourth-order valence-corrected chi connectivity index (χ4v) is 2.14. The predicted molar refractivity (Wildman–Crippen MR) is 89.1 cm³/mol. The summed E-state index contributed by atoms with van der Waals surface area (Å²) in [5.74, 6) is 1.55. The maximum atomic E-state index is 8.96. The molecule has 0 saturated carbocycles. The summed E-state index contributed by atoms with van der Waals surface area (Å²) < 4.78 is 0. The van der Waals surface area contributed by atoms with Crippen LogP contribution in [0.5, 0.6) is 0 Å². The van der Waals surface area contributed by atoms with E-state index in [2.05, 4.69) is 49.9 Å². The van der Waals surface area contributed by atoms with Crippen LogP contribution in [0.25, 0.3) is 0 Å². The molecular weight excluding hydrogens is 286 g/mol. The Balaban J connectivity index is 2.90. The van der Waals surface area contributed by atoms with Crippen molar-refractivity contribution in [2.45, 2.75) is 59.8 Å².